The van der Waals surface area contributed by atoms with E-state index in [0.29, 0.717) is 0 Å². The first-order valence-electron chi connectivity index (χ1n) is 16.8. The summed E-state index contributed by atoms with van der Waals surface area (Å²) in [5, 5.41) is 2.52. The molecule has 7 aromatic carbocycles. The molecule has 0 fully saturated rings. The van der Waals surface area contributed by atoms with Gasteiger partial charge in [0.15, 0.2) is 5.82 Å². The van der Waals surface area contributed by atoms with Crippen LogP contribution in [-0.2, 0) is 5.41 Å². The van der Waals surface area contributed by atoms with Gasteiger partial charge in [-0.3, -0.25) is 0 Å². The highest BCUT2D eigenvalue weighted by atomic mass is 14.9. The normalized spacial score (nSPS) is 11.5. The van der Waals surface area contributed by atoms with Crippen LogP contribution in [0.25, 0.3) is 66.9 Å². The molecule has 0 spiro atoms. The fourth-order valence-corrected chi connectivity index (χ4v) is 6.60. The van der Waals surface area contributed by atoms with Crippen molar-refractivity contribution < 1.29 is 0 Å². The minimum atomic E-state index is -0.174. The SMILES string of the molecule is CC(C)(c1ccc(-c2ccc3ccccc3c2)cc1)c1ccc(-c2cc(-c3ccc(-c4ccccc4)cc3)nc(-c3ccccc3)n2)cc1. The highest BCUT2D eigenvalue weighted by molar-refractivity contribution is 5.87. The average molecular weight is 629 g/mol. The average Bonchev–Trinajstić information content (AvgIpc) is 3.18. The van der Waals surface area contributed by atoms with Crippen LogP contribution in [0.5, 0.6) is 0 Å². The standard InChI is InChI=1S/C47H36N2/c1-47(2,42-27-23-36(24-28-42)41-22-19-34-13-9-10-16-40(34)31-41)43-29-25-38(26-30-43)45-32-44(48-46(49-45)39-14-7-4-8-15-39)37-20-17-35(18-21-37)33-11-5-3-6-12-33/h3-32H,1-2H3. The second-order valence-electron chi connectivity index (χ2n) is 13.1. The zero-order chi connectivity index (χ0) is 33.2. The van der Waals surface area contributed by atoms with E-state index in [2.05, 4.69) is 172 Å². The molecule has 234 valence electrons. The fourth-order valence-electron chi connectivity index (χ4n) is 6.60. The van der Waals surface area contributed by atoms with Crippen molar-refractivity contribution in [2.75, 3.05) is 0 Å². The molecule has 0 saturated carbocycles. The van der Waals surface area contributed by atoms with Crippen molar-refractivity contribution in [2.45, 2.75) is 19.3 Å². The van der Waals surface area contributed by atoms with Crippen molar-refractivity contribution in [1.82, 2.24) is 9.97 Å². The van der Waals surface area contributed by atoms with E-state index >= 15 is 0 Å². The number of rotatable bonds is 7. The first-order chi connectivity index (χ1) is 24.0. The highest BCUT2D eigenvalue weighted by Crippen LogP contribution is 2.35. The van der Waals surface area contributed by atoms with E-state index in [0.717, 1.165) is 33.9 Å². The topological polar surface area (TPSA) is 25.8 Å². The lowest BCUT2D eigenvalue weighted by Gasteiger charge is -2.26. The Morgan fingerprint density at radius 1 is 0.327 bits per heavy atom. The minimum Gasteiger partial charge on any atom is -0.228 e. The van der Waals surface area contributed by atoms with Crippen molar-refractivity contribution in [2.24, 2.45) is 0 Å². The molecule has 0 aliphatic heterocycles. The van der Waals surface area contributed by atoms with Crippen molar-refractivity contribution in [3.8, 4) is 56.2 Å². The van der Waals surface area contributed by atoms with Crippen molar-refractivity contribution >= 4 is 10.8 Å². The maximum atomic E-state index is 5.06. The largest absolute Gasteiger partial charge is 0.228 e. The Labute approximate surface area is 288 Å². The summed E-state index contributed by atoms with van der Waals surface area (Å²) in [7, 11) is 0. The number of aromatic nitrogens is 2. The molecule has 0 radical (unpaired) electrons. The summed E-state index contributed by atoms with van der Waals surface area (Å²) in [6.45, 7) is 4.59. The second kappa shape index (κ2) is 12.8. The second-order valence-corrected chi connectivity index (χ2v) is 13.1. The van der Waals surface area contributed by atoms with Gasteiger partial charge in [0, 0.05) is 22.1 Å². The predicted octanol–water partition coefficient (Wildman–Crippen LogP) is 12.3. The third kappa shape index (κ3) is 6.17. The molecule has 0 bridgehead atoms. The van der Waals surface area contributed by atoms with Crippen LogP contribution in [0.4, 0.5) is 0 Å². The molecule has 49 heavy (non-hydrogen) atoms. The van der Waals surface area contributed by atoms with Crippen LogP contribution in [0.15, 0.2) is 182 Å². The number of hydrogen-bond donors (Lipinski definition) is 0. The number of fused-ring (bicyclic) bond motifs is 1. The van der Waals surface area contributed by atoms with E-state index in [4.69, 9.17) is 9.97 Å². The molecule has 2 nitrogen and oxygen atoms in total. The molecule has 0 N–H and O–H groups in total. The molecule has 0 aliphatic rings. The van der Waals surface area contributed by atoms with E-state index in [-0.39, 0.29) is 5.41 Å². The summed E-state index contributed by atoms with van der Waals surface area (Å²) >= 11 is 0. The van der Waals surface area contributed by atoms with Gasteiger partial charge in [-0.05, 0) is 56.3 Å². The van der Waals surface area contributed by atoms with E-state index < -0.39 is 0 Å². The summed E-state index contributed by atoms with van der Waals surface area (Å²) in [5.74, 6) is 0.719. The molecular formula is C47H36N2. The van der Waals surface area contributed by atoms with Crippen LogP contribution in [0.1, 0.15) is 25.0 Å². The molecule has 8 rings (SSSR count). The van der Waals surface area contributed by atoms with Gasteiger partial charge in [0.1, 0.15) is 0 Å². The maximum Gasteiger partial charge on any atom is 0.160 e. The van der Waals surface area contributed by atoms with Gasteiger partial charge in [0.2, 0.25) is 0 Å². The first-order valence-corrected chi connectivity index (χ1v) is 16.8. The highest BCUT2D eigenvalue weighted by Gasteiger charge is 2.23. The summed E-state index contributed by atoms with van der Waals surface area (Å²) < 4.78 is 0. The summed E-state index contributed by atoms with van der Waals surface area (Å²) in [5.41, 5.74) is 12.1. The van der Waals surface area contributed by atoms with E-state index in [1.807, 2.05) is 24.3 Å². The van der Waals surface area contributed by atoms with Gasteiger partial charge in [-0.15, -0.1) is 0 Å². The zero-order valence-corrected chi connectivity index (χ0v) is 27.7. The van der Waals surface area contributed by atoms with Gasteiger partial charge in [-0.2, -0.15) is 0 Å². The fraction of sp³-hybridized carbons (Fsp3) is 0.0638. The summed E-state index contributed by atoms with van der Waals surface area (Å²) in [6.07, 6.45) is 0. The Morgan fingerprint density at radius 3 is 1.33 bits per heavy atom. The van der Waals surface area contributed by atoms with Crippen molar-refractivity contribution in [1.29, 1.82) is 0 Å². The lowest BCUT2D eigenvalue weighted by Crippen LogP contribution is -2.18. The van der Waals surface area contributed by atoms with Crippen LogP contribution in [-0.4, -0.2) is 9.97 Å². The van der Waals surface area contributed by atoms with Gasteiger partial charge in [-0.1, -0.05) is 184 Å². The van der Waals surface area contributed by atoms with Crippen LogP contribution >= 0.6 is 0 Å². The number of hydrogen-bond acceptors (Lipinski definition) is 2. The third-order valence-corrected chi connectivity index (χ3v) is 9.64. The smallest absolute Gasteiger partial charge is 0.160 e. The minimum absolute atomic E-state index is 0.174. The number of nitrogens with zero attached hydrogens (tertiary/aromatic N) is 2. The summed E-state index contributed by atoms with van der Waals surface area (Å²) in [6, 6.07) is 64.5. The van der Waals surface area contributed by atoms with Gasteiger partial charge < -0.3 is 0 Å². The van der Waals surface area contributed by atoms with Crippen LogP contribution in [0.2, 0.25) is 0 Å². The molecule has 1 aromatic heterocycles. The van der Waals surface area contributed by atoms with Crippen LogP contribution in [0, 0.1) is 0 Å². The van der Waals surface area contributed by atoms with E-state index in [9.17, 15) is 0 Å². The first kappa shape index (κ1) is 30.2. The third-order valence-electron chi connectivity index (χ3n) is 9.64. The molecule has 0 amide bonds. The predicted molar refractivity (Wildman–Crippen MR) is 205 cm³/mol. The van der Waals surface area contributed by atoms with Crippen molar-refractivity contribution in [3.63, 3.8) is 0 Å². The molecule has 0 aliphatic carbocycles. The van der Waals surface area contributed by atoms with Gasteiger partial charge in [0.05, 0.1) is 11.4 Å². The molecule has 8 aromatic rings. The molecule has 0 unspecified atom stereocenters. The maximum absolute atomic E-state index is 5.06. The van der Waals surface area contributed by atoms with E-state index in [1.165, 1.54) is 44.2 Å². The lowest BCUT2D eigenvalue weighted by molar-refractivity contribution is 0.641. The van der Waals surface area contributed by atoms with Gasteiger partial charge >= 0.3 is 0 Å². The molecule has 0 atom stereocenters. The zero-order valence-electron chi connectivity index (χ0n) is 27.7. The molecule has 0 saturated heterocycles. The Balaban J connectivity index is 1.09. The molecule has 2 heteroatoms. The van der Waals surface area contributed by atoms with Gasteiger partial charge in [-0.25, -0.2) is 9.97 Å². The van der Waals surface area contributed by atoms with Gasteiger partial charge in [0.25, 0.3) is 0 Å². The Hall–Kier alpha value is -6.12. The monoisotopic (exact) mass is 628 g/mol. The Bertz CT molecular complexity index is 2360. The lowest BCUT2D eigenvalue weighted by atomic mass is 9.77. The molecular weight excluding hydrogens is 593 g/mol. The van der Waals surface area contributed by atoms with E-state index in [1.54, 1.807) is 0 Å². The summed E-state index contributed by atoms with van der Waals surface area (Å²) in [4.78, 5) is 10.1. The van der Waals surface area contributed by atoms with Crippen molar-refractivity contribution in [3.05, 3.63) is 193 Å². The van der Waals surface area contributed by atoms with Crippen LogP contribution in [0.3, 0.4) is 0 Å². The van der Waals surface area contributed by atoms with Crippen LogP contribution < -0.4 is 0 Å². The molecule has 1 heterocycles. The Kier molecular flexibility index (Phi) is 7.91. The Morgan fingerprint density at radius 2 is 0.735 bits per heavy atom. The quantitative estimate of drug-likeness (QED) is 0.175. The number of benzene rings is 7.